The van der Waals surface area contributed by atoms with Gasteiger partial charge in [-0.1, -0.05) is 6.92 Å². The van der Waals surface area contributed by atoms with Gasteiger partial charge in [-0.2, -0.15) is 0 Å². The zero-order valence-corrected chi connectivity index (χ0v) is 17.6. The van der Waals surface area contributed by atoms with Crippen LogP contribution in [0.25, 0.3) is 22.3 Å². The van der Waals surface area contributed by atoms with Gasteiger partial charge >= 0.3 is 11.9 Å². The molecular formula is C23H21N3O6. The predicted octanol–water partition coefficient (Wildman–Crippen LogP) is 1.47. The number of benzene rings is 1. The number of aromatic hydroxyl groups is 1. The Balaban J connectivity index is 1.78. The maximum absolute atomic E-state index is 13.4. The van der Waals surface area contributed by atoms with Crippen LogP contribution in [0.2, 0.25) is 0 Å². The van der Waals surface area contributed by atoms with Crippen LogP contribution in [-0.2, 0) is 44.2 Å². The average Bonchev–Trinajstić information content (AvgIpc) is 3.14. The highest BCUT2D eigenvalue weighted by molar-refractivity contribution is 5.90. The van der Waals surface area contributed by atoms with Crippen LogP contribution in [0.4, 0.5) is 0 Å². The van der Waals surface area contributed by atoms with Crippen LogP contribution in [0.15, 0.2) is 29.1 Å². The molecule has 0 aliphatic carbocycles. The van der Waals surface area contributed by atoms with Crippen molar-refractivity contribution in [2.45, 2.75) is 39.0 Å². The van der Waals surface area contributed by atoms with E-state index in [4.69, 9.17) is 20.2 Å². The van der Waals surface area contributed by atoms with E-state index in [1.165, 1.54) is 6.92 Å². The summed E-state index contributed by atoms with van der Waals surface area (Å²) in [7, 11) is 0. The van der Waals surface area contributed by atoms with Gasteiger partial charge in [0.1, 0.15) is 12.4 Å². The summed E-state index contributed by atoms with van der Waals surface area (Å²) >= 11 is 0. The minimum atomic E-state index is -1.78. The monoisotopic (exact) mass is 435 g/mol. The molecule has 0 saturated heterocycles. The van der Waals surface area contributed by atoms with E-state index in [1.54, 1.807) is 28.8 Å². The molecule has 0 unspecified atom stereocenters. The summed E-state index contributed by atoms with van der Waals surface area (Å²) in [5, 5.41) is 10.8. The van der Waals surface area contributed by atoms with Gasteiger partial charge < -0.3 is 24.9 Å². The number of carbonyl (C=O) groups is 2. The average molecular weight is 435 g/mol. The van der Waals surface area contributed by atoms with Gasteiger partial charge in [-0.15, -0.1) is 0 Å². The van der Waals surface area contributed by atoms with Gasteiger partial charge in [-0.25, -0.2) is 9.78 Å². The lowest BCUT2D eigenvalue weighted by atomic mass is 9.89. The minimum Gasteiger partial charge on any atom is -0.508 e. The van der Waals surface area contributed by atoms with E-state index in [2.05, 4.69) is 0 Å². The normalized spacial score (nSPS) is 18.7. The molecule has 0 fully saturated rings. The standard InChI is InChI=1S/C23H21N3O6/c1-3-12-13-6-11(27)4-5-17(13)25-20-14(12)9-26-18(20)7-16-15(21(26)29)10-31-22(30)23(16,2)32-19(28)8-24/h4-7,27H,3,8-10,24H2,1-2H3/t23-/m0/s1. The summed E-state index contributed by atoms with van der Waals surface area (Å²) < 4.78 is 12.1. The van der Waals surface area contributed by atoms with Gasteiger partial charge in [0.2, 0.25) is 5.60 Å². The number of pyridine rings is 2. The lowest BCUT2D eigenvalue weighted by Gasteiger charge is -2.33. The van der Waals surface area contributed by atoms with E-state index in [1.807, 2.05) is 6.92 Å². The highest BCUT2D eigenvalue weighted by Crippen LogP contribution is 2.40. The summed E-state index contributed by atoms with van der Waals surface area (Å²) in [6.45, 7) is 3.10. The first-order chi connectivity index (χ1) is 15.3. The van der Waals surface area contributed by atoms with Crippen molar-refractivity contribution in [2.75, 3.05) is 6.54 Å². The zero-order chi connectivity index (χ0) is 22.8. The Labute approximate surface area is 182 Å². The second kappa shape index (κ2) is 6.89. The van der Waals surface area contributed by atoms with Crippen LogP contribution >= 0.6 is 0 Å². The van der Waals surface area contributed by atoms with Gasteiger partial charge in [-0.3, -0.25) is 9.59 Å². The Bertz CT molecular complexity index is 1390. The molecule has 3 N–H and O–H groups in total. The molecule has 4 heterocycles. The van der Waals surface area contributed by atoms with Crippen molar-refractivity contribution in [3.05, 3.63) is 56.9 Å². The first-order valence-corrected chi connectivity index (χ1v) is 10.3. The van der Waals surface area contributed by atoms with Crippen molar-refractivity contribution in [1.82, 2.24) is 9.55 Å². The Kier molecular flexibility index (Phi) is 4.35. The second-order valence-electron chi connectivity index (χ2n) is 8.07. The number of cyclic esters (lactones) is 1. The molecule has 0 spiro atoms. The van der Waals surface area contributed by atoms with E-state index < -0.39 is 24.1 Å². The number of aromatic nitrogens is 2. The van der Waals surface area contributed by atoms with Crippen LogP contribution in [0, 0.1) is 0 Å². The molecular weight excluding hydrogens is 414 g/mol. The Morgan fingerprint density at radius 2 is 2.09 bits per heavy atom. The highest BCUT2D eigenvalue weighted by atomic mass is 16.6. The molecule has 164 valence electrons. The fraction of sp³-hybridized carbons (Fsp3) is 0.304. The van der Waals surface area contributed by atoms with Gasteiger partial charge in [0.05, 0.1) is 35.6 Å². The number of nitrogens with two attached hydrogens (primary N) is 1. The van der Waals surface area contributed by atoms with E-state index in [0.717, 1.165) is 16.5 Å². The van der Waals surface area contributed by atoms with Crippen LogP contribution in [0.1, 0.15) is 36.1 Å². The number of nitrogens with zero attached hydrogens (tertiary/aromatic N) is 2. The molecule has 9 heteroatoms. The fourth-order valence-electron chi connectivity index (χ4n) is 4.66. The lowest BCUT2D eigenvalue weighted by Crippen LogP contribution is -2.46. The van der Waals surface area contributed by atoms with Gasteiger partial charge in [0.25, 0.3) is 5.56 Å². The molecule has 0 bridgehead atoms. The third-order valence-corrected chi connectivity index (χ3v) is 6.24. The van der Waals surface area contributed by atoms with Crippen molar-refractivity contribution >= 4 is 22.8 Å². The second-order valence-corrected chi connectivity index (χ2v) is 8.07. The van der Waals surface area contributed by atoms with Gasteiger partial charge in [0, 0.05) is 16.5 Å². The first-order valence-electron chi connectivity index (χ1n) is 10.3. The van der Waals surface area contributed by atoms with Gasteiger partial charge in [-0.05, 0) is 43.2 Å². The van der Waals surface area contributed by atoms with Crippen LogP contribution in [0.3, 0.4) is 0 Å². The topological polar surface area (TPSA) is 134 Å². The number of phenolic OH excluding ortho intramolecular Hbond substituents is 1. The number of hydrogen-bond donors (Lipinski definition) is 2. The Morgan fingerprint density at radius 1 is 1.31 bits per heavy atom. The summed E-state index contributed by atoms with van der Waals surface area (Å²) in [6, 6.07) is 6.66. The number of esters is 2. The quantitative estimate of drug-likeness (QED) is 0.462. The van der Waals surface area contributed by atoms with Crippen molar-refractivity contribution in [2.24, 2.45) is 5.73 Å². The first kappa shape index (κ1) is 20.2. The van der Waals surface area contributed by atoms with Crippen molar-refractivity contribution in [3.8, 4) is 17.1 Å². The molecule has 0 radical (unpaired) electrons. The predicted molar refractivity (Wildman–Crippen MR) is 114 cm³/mol. The van der Waals surface area contributed by atoms with Crippen LogP contribution in [0.5, 0.6) is 5.75 Å². The number of ether oxygens (including phenoxy) is 2. The van der Waals surface area contributed by atoms with E-state index in [0.29, 0.717) is 29.9 Å². The SMILES string of the molecule is CCc1c2c(nc3ccc(O)cc13)-c1cc3c(c(=O)n1C2)COC(=O)[C@@]3(C)OC(=O)CN. The molecule has 32 heavy (non-hydrogen) atoms. The highest BCUT2D eigenvalue weighted by Gasteiger charge is 2.47. The maximum atomic E-state index is 13.4. The van der Waals surface area contributed by atoms with E-state index in [-0.39, 0.29) is 29.0 Å². The zero-order valence-electron chi connectivity index (χ0n) is 17.6. The smallest absolute Gasteiger partial charge is 0.355 e. The van der Waals surface area contributed by atoms with Crippen molar-refractivity contribution in [3.63, 3.8) is 0 Å². The molecule has 1 aromatic carbocycles. The largest absolute Gasteiger partial charge is 0.508 e. The molecule has 1 atom stereocenters. The molecule has 2 aliphatic heterocycles. The number of hydrogen-bond acceptors (Lipinski definition) is 8. The van der Waals surface area contributed by atoms with Crippen LogP contribution in [-0.4, -0.2) is 33.1 Å². The number of carbonyl (C=O) groups excluding carboxylic acids is 2. The molecule has 9 nitrogen and oxygen atoms in total. The molecule has 0 saturated carbocycles. The Hall–Kier alpha value is -3.72. The molecule has 2 aromatic heterocycles. The maximum Gasteiger partial charge on any atom is 0.355 e. The third-order valence-electron chi connectivity index (χ3n) is 6.24. The summed E-state index contributed by atoms with van der Waals surface area (Å²) in [5.74, 6) is -1.40. The fourth-order valence-corrected chi connectivity index (χ4v) is 4.66. The third kappa shape index (κ3) is 2.67. The summed E-state index contributed by atoms with van der Waals surface area (Å²) in [5.41, 5.74) is 7.54. The molecule has 3 aromatic rings. The molecule has 0 amide bonds. The van der Waals surface area contributed by atoms with Crippen molar-refractivity contribution in [1.29, 1.82) is 0 Å². The number of phenols is 1. The van der Waals surface area contributed by atoms with Crippen LogP contribution < -0.4 is 11.3 Å². The summed E-state index contributed by atoms with van der Waals surface area (Å²) in [6.07, 6.45) is 0.681. The van der Waals surface area contributed by atoms with Gasteiger partial charge in [0.15, 0.2) is 0 Å². The number of rotatable bonds is 3. The van der Waals surface area contributed by atoms with E-state index in [9.17, 15) is 19.5 Å². The van der Waals surface area contributed by atoms with Crippen molar-refractivity contribution < 1.29 is 24.2 Å². The number of aryl methyl sites for hydroxylation is 1. The molecule has 5 rings (SSSR count). The lowest BCUT2D eigenvalue weighted by molar-refractivity contribution is -0.185. The van der Waals surface area contributed by atoms with E-state index >= 15 is 0 Å². The minimum absolute atomic E-state index is 0.144. The molecule has 2 aliphatic rings. The number of fused-ring (bicyclic) bond motifs is 5. The Morgan fingerprint density at radius 3 is 2.81 bits per heavy atom. The summed E-state index contributed by atoms with van der Waals surface area (Å²) in [4.78, 5) is 42.7.